The van der Waals surface area contributed by atoms with Crippen LogP contribution >= 0.6 is 0 Å². The molecule has 6 heteroatoms. The van der Waals surface area contributed by atoms with Gasteiger partial charge < -0.3 is 9.40 Å². The van der Waals surface area contributed by atoms with Crippen LogP contribution in [-0.2, 0) is 20.1 Å². The van der Waals surface area contributed by atoms with Gasteiger partial charge in [0.2, 0.25) is 0 Å². The average molecular weight is 875 g/mol. The third-order valence-electron chi connectivity index (χ3n) is 8.26. The molecule has 0 bridgehead atoms. The summed E-state index contributed by atoms with van der Waals surface area (Å²) in [6.07, 6.45) is 3.79. The molecule has 0 aliphatic rings. The van der Waals surface area contributed by atoms with Crippen molar-refractivity contribution in [1.29, 1.82) is 0 Å². The number of furan rings is 1. The predicted molar refractivity (Wildman–Crippen MR) is 196 cm³/mol. The fraction of sp³-hybridized carbons (Fsp3) is 0.190. The first-order valence-corrected chi connectivity index (χ1v) is 23.1. The van der Waals surface area contributed by atoms with Gasteiger partial charge in [-0.3, -0.25) is 4.39 Å². The molecule has 1 radical (unpaired) electrons. The molecule has 0 aliphatic heterocycles. The number of rotatable bonds is 5. The molecule has 48 heavy (non-hydrogen) atoms. The minimum atomic E-state index is -2.19. The van der Waals surface area contributed by atoms with Crippen molar-refractivity contribution in [2.75, 3.05) is 0 Å². The Kier molecular flexibility index (Phi) is 9.61. The van der Waals surface area contributed by atoms with Crippen LogP contribution in [0.25, 0.3) is 55.6 Å². The largest absolute Gasteiger partial charge is 0.500 e. The Morgan fingerprint density at radius 1 is 0.854 bits per heavy atom. The number of fused-ring (bicyclic) bond motifs is 3. The number of hydrogen-bond acceptors (Lipinski definition) is 3. The summed E-state index contributed by atoms with van der Waals surface area (Å²) in [5.41, 5.74) is 8.48. The number of nitrogens with zero attached hydrogens (tertiary/aromatic N) is 2. The van der Waals surface area contributed by atoms with Crippen LogP contribution in [0.1, 0.15) is 40.6 Å². The third-order valence-corrected chi connectivity index (χ3v) is 12.5. The minimum Gasteiger partial charge on any atom is -0.500 e. The van der Waals surface area contributed by atoms with E-state index < -0.39 is 25.9 Å². The zero-order valence-electron chi connectivity index (χ0n) is 30.9. The Labute approximate surface area is 303 Å². The molecule has 0 aliphatic carbocycles. The zero-order chi connectivity index (χ0) is 35.8. The fourth-order valence-electron chi connectivity index (χ4n) is 5.52. The zero-order valence-corrected chi connectivity index (χ0v) is 32.4. The van der Waals surface area contributed by atoms with Crippen LogP contribution in [0.15, 0.2) is 108 Å². The predicted octanol–water partition coefficient (Wildman–Crippen LogP) is 11.1. The van der Waals surface area contributed by atoms with Crippen molar-refractivity contribution in [1.82, 2.24) is 9.97 Å². The van der Waals surface area contributed by atoms with E-state index >= 15 is 0 Å². The second-order valence-corrected chi connectivity index (χ2v) is 23.9. The summed E-state index contributed by atoms with van der Waals surface area (Å²) < 4.78 is 45.5. The first-order valence-electron chi connectivity index (χ1n) is 17.3. The van der Waals surface area contributed by atoms with E-state index in [4.69, 9.17) is 8.53 Å². The van der Waals surface area contributed by atoms with Crippen LogP contribution in [0.2, 0.25) is 17.3 Å². The molecule has 0 unspecified atom stereocenters. The standard InChI is InChI=1S/C27H21FNO.C15H18GeN.Ir/c1-16(2)18-11-12-29-24(14-18)21-9-10-23(28)26-22-8-7-20(15-25(22)30-27(21)26)19-6-4-5-17(3)13-19;1-12-6-5-7-13(10-12)15-9-8-14(11-17-15)16(2,3)4;/h4-8,10-16H,1-3H3;5-6,8-11H,1-4H3;/q2*-1;/i3D3;;. The second kappa shape index (κ2) is 14.7. The molecule has 3 nitrogen and oxygen atoms in total. The maximum Gasteiger partial charge on any atom is 0.121 e. The molecule has 7 rings (SSSR count). The van der Waals surface area contributed by atoms with Crippen molar-refractivity contribution < 1.29 is 33.0 Å². The first kappa shape index (κ1) is 31.4. The van der Waals surface area contributed by atoms with Crippen LogP contribution in [0.3, 0.4) is 0 Å². The van der Waals surface area contributed by atoms with E-state index in [0.29, 0.717) is 39.1 Å². The summed E-state index contributed by atoms with van der Waals surface area (Å²) in [7, 11) is 0. The van der Waals surface area contributed by atoms with Crippen molar-refractivity contribution in [3.8, 4) is 33.6 Å². The van der Waals surface area contributed by atoms with Gasteiger partial charge in [-0.25, -0.2) is 0 Å². The smallest absolute Gasteiger partial charge is 0.121 e. The topological polar surface area (TPSA) is 38.9 Å². The second-order valence-electron chi connectivity index (χ2n) is 13.2. The van der Waals surface area contributed by atoms with Gasteiger partial charge in [-0.15, -0.1) is 12.1 Å². The van der Waals surface area contributed by atoms with Crippen molar-refractivity contribution in [3.63, 3.8) is 0 Å². The van der Waals surface area contributed by atoms with Gasteiger partial charge in [0.25, 0.3) is 0 Å². The summed E-state index contributed by atoms with van der Waals surface area (Å²) in [5.74, 6) is 7.07. The van der Waals surface area contributed by atoms with E-state index in [0.717, 1.165) is 27.9 Å². The van der Waals surface area contributed by atoms with E-state index in [1.54, 1.807) is 24.4 Å². The SMILES string of the molecule is Cc1cc[c-]c(-c2cc[c]([Ge]([CH3])([CH3])[CH3])cn2)c1.[2H]C([2H])([2H])c1cccc(-c2ccc3c(c2)oc2c(-c4cc(C(C)C)ccn4)[c-]cc(F)c23)c1.[Ir]. The Hall–Kier alpha value is -3.90. The van der Waals surface area contributed by atoms with Crippen molar-refractivity contribution in [2.24, 2.45) is 0 Å². The van der Waals surface area contributed by atoms with Crippen LogP contribution < -0.4 is 4.40 Å². The molecular weight excluding hydrogens is 832 g/mol. The minimum absolute atomic E-state index is 0. The van der Waals surface area contributed by atoms with Crippen molar-refractivity contribution in [2.45, 2.75) is 50.8 Å². The van der Waals surface area contributed by atoms with Crippen LogP contribution in [0, 0.1) is 31.7 Å². The van der Waals surface area contributed by atoms with Crippen molar-refractivity contribution >= 4 is 39.6 Å². The van der Waals surface area contributed by atoms with Gasteiger partial charge in [-0.1, -0.05) is 73.0 Å². The molecule has 0 atom stereocenters. The molecule has 4 aromatic carbocycles. The number of aromatic nitrogens is 2. The van der Waals surface area contributed by atoms with Gasteiger partial charge in [0.1, 0.15) is 5.58 Å². The number of aryl methyl sites for hydroxylation is 2. The number of hydrogen-bond donors (Lipinski definition) is 0. The van der Waals surface area contributed by atoms with Crippen molar-refractivity contribution in [3.05, 3.63) is 138 Å². The number of pyridine rings is 2. The molecule has 3 aromatic heterocycles. The van der Waals surface area contributed by atoms with Gasteiger partial charge in [0, 0.05) is 41.6 Å². The van der Waals surface area contributed by atoms with E-state index in [2.05, 4.69) is 84.4 Å². The number of halogens is 1. The fourth-order valence-corrected chi connectivity index (χ4v) is 7.69. The first-order chi connectivity index (χ1) is 23.7. The van der Waals surface area contributed by atoms with Gasteiger partial charge in [-0.2, -0.15) is 0 Å². The van der Waals surface area contributed by atoms with Gasteiger partial charge >= 0.3 is 106 Å². The molecule has 245 valence electrons. The summed E-state index contributed by atoms with van der Waals surface area (Å²) in [5, 5.41) is 1.03. The summed E-state index contributed by atoms with van der Waals surface area (Å²) >= 11 is -1.73. The normalized spacial score (nSPS) is 12.5. The van der Waals surface area contributed by atoms with Crippen LogP contribution in [0.5, 0.6) is 0 Å². The monoisotopic (exact) mass is 876 g/mol. The molecular formula is C42H39FGeIrN2O-2. The molecule has 0 N–H and O–H groups in total. The quantitative estimate of drug-likeness (QED) is 0.128. The molecule has 0 fully saturated rings. The molecule has 7 aromatic rings. The summed E-state index contributed by atoms with van der Waals surface area (Å²) in [6.45, 7) is 4.11. The van der Waals surface area contributed by atoms with Gasteiger partial charge in [-0.05, 0) is 47.1 Å². The van der Waals surface area contributed by atoms with Gasteiger partial charge in [0.05, 0.1) is 5.58 Å². The van der Waals surface area contributed by atoms with Gasteiger partial charge in [0.15, 0.2) is 0 Å². The van der Waals surface area contributed by atoms with E-state index in [-0.39, 0.29) is 25.7 Å². The molecule has 0 saturated carbocycles. The molecule has 0 spiro atoms. The summed E-state index contributed by atoms with van der Waals surface area (Å²) in [4.78, 5) is 9.04. The molecule has 0 saturated heterocycles. The molecule has 3 heterocycles. The van der Waals surface area contributed by atoms with Crippen LogP contribution in [0.4, 0.5) is 4.39 Å². The van der Waals surface area contributed by atoms with E-state index in [1.807, 2.05) is 48.7 Å². The average Bonchev–Trinajstić information content (AvgIpc) is 3.48. The van der Waals surface area contributed by atoms with Crippen LogP contribution in [-0.4, -0.2) is 23.2 Å². The van der Waals surface area contributed by atoms with E-state index in [1.165, 1.54) is 16.0 Å². The third kappa shape index (κ3) is 7.70. The Morgan fingerprint density at radius 2 is 1.67 bits per heavy atom. The Balaban J connectivity index is 0.000000237. The number of benzene rings is 4. The summed E-state index contributed by atoms with van der Waals surface area (Å²) in [6, 6.07) is 34.3. The maximum atomic E-state index is 14.9. The molecule has 0 amide bonds. The van der Waals surface area contributed by atoms with E-state index in [9.17, 15) is 4.39 Å². The Morgan fingerprint density at radius 3 is 2.38 bits per heavy atom. The maximum absolute atomic E-state index is 14.9. The Bertz CT molecular complexity index is 2310.